The van der Waals surface area contributed by atoms with Gasteiger partial charge in [0, 0.05) is 79.8 Å². The van der Waals surface area contributed by atoms with Gasteiger partial charge in [-0.1, -0.05) is 56.3 Å². The summed E-state index contributed by atoms with van der Waals surface area (Å²) in [5.41, 5.74) is 8.23. The van der Waals surface area contributed by atoms with E-state index in [0.717, 1.165) is 101 Å². The van der Waals surface area contributed by atoms with Crippen molar-refractivity contribution in [2.24, 2.45) is 5.92 Å². The fourth-order valence-corrected chi connectivity index (χ4v) is 10.9. The number of hydrogen-bond acceptors (Lipinski definition) is 12. The molecular weight excluding hydrogens is 880 g/mol. The quantitative estimate of drug-likeness (QED) is 0.126. The van der Waals surface area contributed by atoms with Gasteiger partial charge in [-0.3, -0.25) is 44.2 Å². The fraction of sp³-hybridized carbons (Fsp3) is 0.385. The Morgan fingerprint density at radius 2 is 1.61 bits per heavy atom. The molecule has 3 atom stereocenters. The van der Waals surface area contributed by atoms with Gasteiger partial charge in [-0.05, 0) is 103 Å². The van der Waals surface area contributed by atoms with Gasteiger partial charge in [-0.2, -0.15) is 10.1 Å². The molecule has 5 amide bonds. The number of halogens is 1. The normalized spacial score (nSPS) is 20.9. The molecule has 4 saturated heterocycles. The summed E-state index contributed by atoms with van der Waals surface area (Å²) in [7, 11) is 0. The second-order valence-corrected chi connectivity index (χ2v) is 20.3. The minimum absolute atomic E-state index is 0.0227. The van der Waals surface area contributed by atoms with Crippen LogP contribution < -0.4 is 20.4 Å². The monoisotopic (exact) mass is 932 g/mol. The minimum atomic E-state index is -1.09. The third kappa shape index (κ3) is 8.11. The molecule has 0 radical (unpaired) electrons. The van der Waals surface area contributed by atoms with E-state index in [1.54, 1.807) is 0 Å². The summed E-state index contributed by atoms with van der Waals surface area (Å²) in [4.78, 5) is 75.9. The van der Waals surface area contributed by atoms with Crippen molar-refractivity contribution in [2.45, 2.75) is 89.9 Å². The number of nitrogens with one attached hydrogen (secondary N) is 3. The van der Waals surface area contributed by atoms with E-state index in [1.165, 1.54) is 11.8 Å². The standard InChI is InChI=1S/C52H53FN10O6/c1-28-19-32(5-6-33(28)24-54-47(66)48-56-51(59-69-48)52(2,3)4)45-39-20-31(9-12-41(39)57-58-45)30-7-10-34(11-8-30)60-17-15-29(16-18-60)25-61-26-36-21-35(61)27-62(36)43-23-38-37(22-40(43)53)49(67)63(50(38)68)42-13-14-44(64)55-46(42)65/h5-12,19-20,22-23,29,35-36,42H,13-18,21,24-27H2,1-4H3,(H,54,66)(H,57,58)(H,55,64,65)/t35-,36-,42?/m1/s1. The molecule has 0 aliphatic carbocycles. The molecule has 354 valence electrons. The van der Waals surface area contributed by atoms with E-state index in [9.17, 15) is 24.0 Å². The first-order chi connectivity index (χ1) is 33.2. The van der Waals surface area contributed by atoms with Crippen molar-refractivity contribution in [2.75, 3.05) is 42.5 Å². The Morgan fingerprint density at radius 3 is 2.30 bits per heavy atom. The number of amides is 5. The number of rotatable bonds is 10. The van der Waals surface area contributed by atoms with Crippen molar-refractivity contribution >= 4 is 51.8 Å². The Kier molecular flexibility index (Phi) is 10.9. The molecule has 2 bridgehead atoms. The molecule has 69 heavy (non-hydrogen) atoms. The average molecular weight is 933 g/mol. The molecule has 1 unspecified atom stereocenters. The van der Waals surface area contributed by atoms with Gasteiger partial charge in [-0.15, -0.1) is 0 Å². The van der Waals surface area contributed by atoms with Crippen LogP contribution in [0.1, 0.15) is 101 Å². The molecule has 4 aromatic carbocycles. The van der Waals surface area contributed by atoms with Crippen LogP contribution in [0.2, 0.25) is 0 Å². The van der Waals surface area contributed by atoms with Gasteiger partial charge in [0.2, 0.25) is 11.8 Å². The van der Waals surface area contributed by atoms with Crippen molar-refractivity contribution in [1.82, 2.24) is 40.8 Å². The number of carbonyl (C=O) groups is 5. The number of piperazine rings is 1. The second-order valence-electron chi connectivity index (χ2n) is 20.3. The molecule has 5 aliphatic rings. The molecule has 4 fully saturated rings. The van der Waals surface area contributed by atoms with Gasteiger partial charge in [0.25, 0.3) is 11.8 Å². The lowest BCUT2D eigenvalue weighted by atomic mass is 9.95. The first-order valence-electron chi connectivity index (χ1n) is 23.8. The maximum absolute atomic E-state index is 15.7. The number of hydrogen-bond donors (Lipinski definition) is 3. The molecule has 17 heteroatoms. The highest BCUT2D eigenvalue weighted by molar-refractivity contribution is 6.23. The first kappa shape index (κ1) is 44.2. The van der Waals surface area contributed by atoms with Crippen LogP contribution in [0.25, 0.3) is 33.3 Å². The predicted molar refractivity (Wildman–Crippen MR) is 255 cm³/mol. The molecule has 0 spiro atoms. The summed E-state index contributed by atoms with van der Waals surface area (Å²) >= 11 is 0. The number of aryl methyl sites for hydroxylation is 1. The molecule has 6 aromatic rings. The number of aromatic nitrogens is 4. The van der Waals surface area contributed by atoms with Gasteiger partial charge in [-0.25, -0.2) is 4.39 Å². The zero-order valence-corrected chi connectivity index (χ0v) is 39.0. The zero-order valence-electron chi connectivity index (χ0n) is 39.0. The van der Waals surface area contributed by atoms with E-state index in [2.05, 4.69) is 84.2 Å². The van der Waals surface area contributed by atoms with E-state index >= 15 is 4.39 Å². The molecule has 7 heterocycles. The summed E-state index contributed by atoms with van der Waals surface area (Å²) < 4.78 is 20.9. The van der Waals surface area contributed by atoms with Crippen molar-refractivity contribution in [1.29, 1.82) is 0 Å². The van der Waals surface area contributed by atoms with Crippen molar-refractivity contribution in [3.63, 3.8) is 0 Å². The number of carbonyl (C=O) groups excluding carboxylic acids is 5. The summed E-state index contributed by atoms with van der Waals surface area (Å²) in [6.45, 7) is 12.6. The van der Waals surface area contributed by atoms with Crippen molar-refractivity contribution < 1.29 is 32.9 Å². The van der Waals surface area contributed by atoms with Crippen molar-refractivity contribution in [3.05, 3.63) is 113 Å². The van der Waals surface area contributed by atoms with Gasteiger partial charge in [0.05, 0.1) is 28.0 Å². The minimum Gasteiger partial charge on any atom is -0.372 e. The Balaban J connectivity index is 0.682. The number of piperidine rings is 2. The highest BCUT2D eigenvalue weighted by Crippen LogP contribution is 2.40. The van der Waals surface area contributed by atoms with Crippen LogP contribution in [0.3, 0.4) is 0 Å². The number of aromatic amines is 1. The van der Waals surface area contributed by atoms with Crippen LogP contribution in [-0.2, 0) is 21.5 Å². The molecular formula is C52H53FN10O6. The Morgan fingerprint density at radius 1 is 0.870 bits per heavy atom. The van der Waals surface area contributed by atoms with Crippen molar-refractivity contribution in [3.8, 4) is 22.4 Å². The maximum atomic E-state index is 15.7. The van der Waals surface area contributed by atoms with Crippen LogP contribution in [-0.4, -0.2) is 111 Å². The number of benzene rings is 4. The summed E-state index contributed by atoms with van der Waals surface area (Å²) in [5, 5.41) is 18.0. The van der Waals surface area contributed by atoms with E-state index in [0.29, 0.717) is 30.5 Å². The van der Waals surface area contributed by atoms with Gasteiger partial charge < -0.3 is 19.6 Å². The smallest absolute Gasteiger partial charge is 0.315 e. The summed E-state index contributed by atoms with van der Waals surface area (Å²) in [6, 6.07) is 23.2. The van der Waals surface area contributed by atoms with E-state index in [1.807, 2.05) is 44.7 Å². The van der Waals surface area contributed by atoms with Crippen LogP contribution in [0.4, 0.5) is 15.8 Å². The molecule has 3 N–H and O–H groups in total. The van der Waals surface area contributed by atoms with Crippen LogP contribution in [0.5, 0.6) is 0 Å². The number of H-pyrrole nitrogens is 1. The summed E-state index contributed by atoms with van der Waals surface area (Å²) in [5.74, 6) is -2.46. The second kappa shape index (κ2) is 17.0. The number of imide groups is 2. The molecule has 0 saturated carbocycles. The largest absolute Gasteiger partial charge is 0.372 e. The van der Waals surface area contributed by atoms with Crippen LogP contribution in [0.15, 0.2) is 77.3 Å². The average Bonchev–Trinajstić information content (AvgIpc) is 4.19. The molecule has 2 aromatic heterocycles. The summed E-state index contributed by atoms with van der Waals surface area (Å²) in [6.07, 6.45) is 3.13. The Labute approximate surface area is 397 Å². The van der Waals surface area contributed by atoms with Crippen LogP contribution in [0, 0.1) is 18.7 Å². The molecule has 11 rings (SSSR count). The zero-order chi connectivity index (χ0) is 47.9. The van der Waals surface area contributed by atoms with E-state index < -0.39 is 41.4 Å². The highest BCUT2D eigenvalue weighted by Gasteiger charge is 2.48. The van der Waals surface area contributed by atoms with E-state index in [-0.39, 0.29) is 47.4 Å². The highest BCUT2D eigenvalue weighted by atomic mass is 19.1. The van der Waals surface area contributed by atoms with Gasteiger partial charge in [0.15, 0.2) is 5.82 Å². The SMILES string of the molecule is Cc1cc(-c2n[nH]c3ccc(-c4ccc(N5CCC(CN6C[C@H]7C[C@@H]6CN7c6cc7c(cc6F)C(=O)N(C6CCC(=O)NC6=O)C7=O)CC5)cc4)cc23)ccc1CNC(=O)c1nc(C(C)(C)C)no1. The number of anilines is 2. The van der Waals surface area contributed by atoms with E-state index in [4.69, 9.17) is 9.62 Å². The lowest BCUT2D eigenvalue weighted by Gasteiger charge is -2.40. The van der Waals surface area contributed by atoms with Crippen LogP contribution >= 0.6 is 0 Å². The third-order valence-corrected chi connectivity index (χ3v) is 14.8. The Bertz CT molecular complexity index is 3080. The lowest BCUT2D eigenvalue weighted by Crippen LogP contribution is -2.54. The Hall–Kier alpha value is -7.27. The predicted octanol–water partition coefficient (Wildman–Crippen LogP) is 6.54. The molecule has 16 nitrogen and oxygen atoms in total. The lowest BCUT2D eigenvalue weighted by molar-refractivity contribution is -0.136. The maximum Gasteiger partial charge on any atom is 0.315 e. The number of likely N-dealkylation sites (tertiary alicyclic amines) is 1. The first-order valence-corrected chi connectivity index (χ1v) is 23.8. The van der Waals surface area contributed by atoms with Gasteiger partial charge >= 0.3 is 11.8 Å². The fourth-order valence-electron chi connectivity index (χ4n) is 10.9. The third-order valence-electron chi connectivity index (χ3n) is 14.8. The number of fused-ring (bicyclic) bond motifs is 4. The number of nitrogens with zero attached hydrogens (tertiary/aromatic N) is 7. The van der Waals surface area contributed by atoms with Gasteiger partial charge in [0.1, 0.15) is 11.9 Å². The topological polar surface area (TPSA) is 190 Å². The molecule has 5 aliphatic heterocycles.